The van der Waals surface area contributed by atoms with Crippen LogP contribution in [0.3, 0.4) is 0 Å². The highest BCUT2D eigenvalue weighted by Crippen LogP contribution is 2.34. The molecule has 1 heterocycles. The highest BCUT2D eigenvalue weighted by molar-refractivity contribution is 5.83. The van der Waals surface area contributed by atoms with Crippen molar-refractivity contribution in [3.05, 3.63) is 59.4 Å². The smallest absolute Gasteiger partial charge is 0.227 e. The number of hydrogen-bond donors (Lipinski definition) is 1. The van der Waals surface area contributed by atoms with Crippen LogP contribution in [-0.2, 0) is 4.79 Å². The number of nitrogens with zero attached hydrogens (tertiary/aromatic N) is 1. The van der Waals surface area contributed by atoms with Crippen LogP contribution >= 0.6 is 0 Å². The van der Waals surface area contributed by atoms with Gasteiger partial charge >= 0.3 is 0 Å². The van der Waals surface area contributed by atoms with Gasteiger partial charge in [-0.3, -0.25) is 4.79 Å². The maximum atomic E-state index is 14.7. The Morgan fingerprint density at radius 1 is 1.13 bits per heavy atom. The fourth-order valence-electron chi connectivity index (χ4n) is 4.32. The molecule has 166 valence electrons. The van der Waals surface area contributed by atoms with Gasteiger partial charge in [0.1, 0.15) is 11.6 Å². The largest absolute Gasteiger partial charge is 0.493 e. The Labute approximate surface area is 184 Å². The molecule has 0 spiro atoms. The lowest BCUT2D eigenvalue weighted by Gasteiger charge is -2.34. The Morgan fingerprint density at radius 2 is 1.84 bits per heavy atom. The number of benzene rings is 2. The van der Waals surface area contributed by atoms with Gasteiger partial charge in [-0.1, -0.05) is 24.3 Å². The Bertz CT molecular complexity index is 887. The summed E-state index contributed by atoms with van der Waals surface area (Å²) in [6.07, 6.45) is 4.44. The highest BCUT2D eigenvalue weighted by Gasteiger charge is 2.24. The monoisotopic (exact) mass is 424 g/mol. The Kier molecular flexibility index (Phi) is 6.79. The van der Waals surface area contributed by atoms with Gasteiger partial charge in [0.2, 0.25) is 5.91 Å². The van der Waals surface area contributed by atoms with Crippen molar-refractivity contribution in [2.24, 2.45) is 5.92 Å². The first kappa shape index (κ1) is 21.7. The van der Waals surface area contributed by atoms with E-state index < -0.39 is 0 Å². The minimum Gasteiger partial charge on any atom is -0.493 e. The minimum absolute atomic E-state index is 0.0644. The van der Waals surface area contributed by atoms with E-state index in [0.717, 1.165) is 31.5 Å². The van der Waals surface area contributed by atoms with Crippen molar-refractivity contribution in [2.75, 3.05) is 31.1 Å². The van der Waals surface area contributed by atoms with Crippen LogP contribution in [0.1, 0.15) is 62.5 Å². The quantitative estimate of drug-likeness (QED) is 0.630. The van der Waals surface area contributed by atoms with Gasteiger partial charge in [-0.15, -0.1) is 0 Å². The normalized spacial score (nSPS) is 18.0. The molecular formula is C26H33FN2O2. The zero-order chi connectivity index (χ0) is 21.8. The van der Waals surface area contributed by atoms with Crippen molar-refractivity contribution in [1.82, 2.24) is 5.32 Å². The molecular weight excluding hydrogens is 391 g/mol. The summed E-state index contributed by atoms with van der Waals surface area (Å²) >= 11 is 0. The predicted molar refractivity (Wildman–Crippen MR) is 122 cm³/mol. The standard InChI is InChI=1S/C26H33FN2O2/c1-3-28-26(30)18(2)20-6-8-21(9-7-20)22-12-14-29(15-13-22)25-11-10-23(16-24(25)27)31-17-19-4-5-19/h6-11,16,18-19,22H,3-5,12-15,17H2,1-2H3,(H,28,30). The number of carbonyl (C=O) groups is 1. The van der Waals surface area contributed by atoms with Crippen LogP contribution in [0.2, 0.25) is 0 Å². The molecule has 1 aliphatic heterocycles. The van der Waals surface area contributed by atoms with Crippen molar-refractivity contribution in [3.63, 3.8) is 0 Å². The number of nitrogens with one attached hydrogen (secondary N) is 1. The van der Waals surface area contributed by atoms with Crippen molar-refractivity contribution >= 4 is 11.6 Å². The van der Waals surface area contributed by atoms with Crippen molar-refractivity contribution in [3.8, 4) is 5.75 Å². The van der Waals surface area contributed by atoms with Gasteiger partial charge in [0, 0.05) is 25.7 Å². The molecule has 0 aromatic heterocycles. The molecule has 1 atom stereocenters. The second-order valence-electron chi connectivity index (χ2n) is 8.91. The molecule has 0 bridgehead atoms. The number of ether oxygens (including phenoxy) is 1. The second kappa shape index (κ2) is 9.71. The van der Waals surface area contributed by atoms with Gasteiger partial charge in [-0.05, 0) is 74.6 Å². The molecule has 4 rings (SSSR count). The lowest BCUT2D eigenvalue weighted by molar-refractivity contribution is -0.122. The van der Waals surface area contributed by atoms with Gasteiger partial charge < -0.3 is 15.0 Å². The first-order valence-corrected chi connectivity index (χ1v) is 11.6. The number of rotatable bonds is 8. The van der Waals surface area contributed by atoms with Crippen LogP contribution in [0, 0.1) is 11.7 Å². The molecule has 5 heteroatoms. The third-order valence-corrected chi connectivity index (χ3v) is 6.59. The third-order valence-electron chi connectivity index (χ3n) is 6.59. The van der Waals surface area contributed by atoms with E-state index in [2.05, 4.69) is 34.5 Å². The van der Waals surface area contributed by atoms with Gasteiger partial charge in [0.05, 0.1) is 18.2 Å². The first-order chi connectivity index (χ1) is 15.0. The maximum absolute atomic E-state index is 14.7. The highest BCUT2D eigenvalue weighted by atomic mass is 19.1. The van der Waals surface area contributed by atoms with E-state index in [1.165, 1.54) is 24.5 Å². The molecule has 4 nitrogen and oxygen atoms in total. The number of carbonyl (C=O) groups excluding carboxylic acids is 1. The summed E-state index contributed by atoms with van der Waals surface area (Å²) in [6.45, 7) is 6.89. The summed E-state index contributed by atoms with van der Waals surface area (Å²) in [5.41, 5.74) is 3.01. The molecule has 1 saturated carbocycles. The van der Waals surface area contributed by atoms with E-state index in [9.17, 15) is 9.18 Å². The van der Waals surface area contributed by atoms with Gasteiger partial charge in [0.15, 0.2) is 0 Å². The molecule has 1 amide bonds. The van der Waals surface area contributed by atoms with Gasteiger partial charge in [-0.25, -0.2) is 4.39 Å². The van der Waals surface area contributed by atoms with E-state index in [4.69, 9.17) is 4.74 Å². The minimum atomic E-state index is -0.199. The molecule has 31 heavy (non-hydrogen) atoms. The van der Waals surface area contributed by atoms with Crippen LogP contribution in [0.15, 0.2) is 42.5 Å². The first-order valence-electron chi connectivity index (χ1n) is 11.6. The zero-order valence-corrected chi connectivity index (χ0v) is 18.6. The molecule has 1 aliphatic carbocycles. The summed E-state index contributed by atoms with van der Waals surface area (Å²) in [5.74, 6) is 1.48. The van der Waals surface area contributed by atoms with Crippen LogP contribution < -0.4 is 15.0 Å². The van der Waals surface area contributed by atoms with Crippen LogP contribution in [0.4, 0.5) is 10.1 Å². The summed E-state index contributed by atoms with van der Waals surface area (Å²) in [7, 11) is 0. The van der Waals surface area contributed by atoms with Gasteiger partial charge in [0.25, 0.3) is 0 Å². The topological polar surface area (TPSA) is 41.6 Å². The van der Waals surface area contributed by atoms with E-state index in [1.54, 1.807) is 0 Å². The fraction of sp³-hybridized carbons (Fsp3) is 0.500. The Morgan fingerprint density at radius 3 is 2.45 bits per heavy atom. The average Bonchev–Trinajstić information content (AvgIpc) is 3.62. The second-order valence-corrected chi connectivity index (χ2v) is 8.91. The van der Waals surface area contributed by atoms with E-state index in [0.29, 0.717) is 36.4 Å². The number of hydrogen-bond acceptors (Lipinski definition) is 3. The zero-order valence-electron chi connectivity index (χ0n) is 18.6. The number of likely N-dealkylation sites (N-methyl/N-ethyl adjacent to an activating group) is 1. The predicted octanol–water partition coefficient (Wildman–Crippen LogP) is 5.24. The summed E-state index contributed by atoms with van der Waals surface area (Å²) < 4.78 is 20.4. The number of halogens is 1. The van der Waals surface area contributed by atoms with Crippen LogP contribution in [0.25, 0.3) is 0 Å². The lowest BCUT2D eigenvalue weighted by atomic mass is 9.87. The van der Waals surface area contributed by atoms with Gasteiger partial charge in [-0.2, -0.15) is 0 Å². The molecule has 2 aliphatic rings. The SMILES string of the molecule is CCNC(=O)C(C)c1ccc(C2CCN(c3ccc(OCC4CC4)cc3F)CC2)cc1. The van der Waals surface area contributed by atoms with Crippen LogP contribution in [-0.4, -0.2) is 32.1 Å². The van der Waals surface area contributed by atoms with Crippen molar-refractivity contribution < 1.29 is 13.9 Å². The Balaban J connectivity index is 1.32. The summed E-state index contributed by atoms with van der Waals surface area (Å²) in [5, 5.41) is 2.88. The Hall–Kier alpha value is -2.56. The lowest BCUT2D eigenvalue weighted by Crippen LogP contribution is -2.33. The average molecular weight is 425 g/mol. The molecule has 0 radical (unpaired) electrons. The molecule has 1 unspecified atom stereocenters. The number of amides is 1. The summed E-state index contributed by atoms with van der Waals surface area (Å²) in [4.78, 5) is 14.2. The van der Waals surface area contributed by atoms with Crippen LogP contribution in [0.5, 0.6) is 5.75 Å². The molecule has 2 fully saturated rings. The number of anilines is 1. The maximum Gasteiger partial charge on any atom is 0.227 e. The fourth-order valence-corrected chi connectivity index (χ4v) is 4.32. The van der Waals surface area contributed by atoms with Crippen molar-refractivity contribution in [2.45, 2.75) is 51.4 Å². The summed E-state index contributed by atoms with van der Waals surface area (Å²) in [6, 6.07) is 13.7. The molecule has 1 N–H and O–H groups in total. The molecule has 1 saturated heterocycles. The van der Waals surface area contributed by atoms with E-state index >= 15 is 0 Å². The van der Waals surface area contributed by atoms with E-state index in [1.807, 2.05) is 26.0 Å². The molecule has 2 aromatic carbocycles. The van der Waals surface area contributed by atoms with Crippen molar-refractivity contribution in [1.29, 1.82) is 0 Å². The number of piperidine rings is 1. The third kappa shape index (κ3) is 5.38. The van der Waals surface area contributed by atoms with E-state index in [-0.39, 0.29) is 17.6 Å². The molecule has 2 aromatic rings.